The minimum atomic E-state index is -0.573. The molecule has 2 heterocycles. The summed E-state index contributed by atoms with van der Waals surface area (Å²) < 4.78 is 13.8. The molecule has 1 fully saturated rings. The number of carbonyl (C=O) groups excluding carboxylic acids is 1. The maximum absolute atomic E-state index is 13.8. The van der Waals surface area contributed by atoms with Crippen molar-refractivity contribution < 1.29 is 9.18 Å². The highest BCUT2D eigenvalue weighted by Crippen LogP contribution is 2.37. The number of hydrogen-bond acceptors (Lipinski definition) is 5. The highest BCUT2D eigenvalue weighted by atomic mass is 35.5. The third-order valence-electron chi connectivity index (χ3n) is 6.02. The molecule has 1 aliphatic heterocycles. The summed E-state index contributed by atoms with van der Waals surface area (Å²) in [7, 11) is 0. The van der Waals surface area contributed by atoms with E-state index in [0.717, 1.165) is 24.4 Å². The number of aryl methyl sites for hydroxylation is 1. The molecule has 8 heteroatoms. The Balaban J connectivity index is 1.46. The van der Waals surface area contributed by atoms with Gasteiger partial charge in [-0.2, -0.15) is 0 Å². The number of piperazine rings is 1. The van der Waals surface area contributed by atoms with E-state index in [-0.39, 0.29) is 17.5 Å². The molecule has 4 rings (SSSR count). The van der Waals surface area contributed by atoms with Crippen molar-refractivity contribution >= 4 is 23.3 Å². The van der Waals surface area contributed by atoms with Crippen molar-refractivity contribution in [3.63, 3.8) is 0 Å². The fourth-order valence-electron chi connectivity index (χ4n) is 4.34. The van der Waals surface area contributed by atoms with Crippen LogP contribution in [0.25, 0.3) is 0 Å². The van der Waals surface area contributed by atoms with Crippen LogP contribution in [0.3, 0.4) is 0 Å². The van der Waals surface area contributed by atoms with Gasteiger partial charge >= 0.3 is 0 Å². The number of benzene rings is 1. The van der Waals surface area contributed by atoms with Crippen molar-refractivity contribution in [1.82, 2.24) is 14.9 Å². The number of hydrogen-bond donors (Lipinski definition) is 1. The van der Waals surface area contributed by atoms with E-state index in [1.165, 1.54) is 17.7 Å². The SMILES string of the molecule is C[C@@H]1CCc2ncnc(N3CCN(C(=O)[C@H](CN)c4ccc(Cl)c(F)c4)CC3)c21. The van der Waals surface area contributed by atoms with Gasteiger partial charge in [0.15, 0.2) is 0 Å². The Kier molecular flexibility index (Phi) is 5.69. The average Bonchev–Trinajstić information content (AvgIpc) is 3.12. The van der Waals surface area contributed by atoms with Gasteiger partial charge in [-0.15, -0.1) is 0 Å². The number of halogens is 2. The van der Waals surface area contributed by atoms with Gasteiger partial charge in [-0.3, -0.25) is 4.79 Å². The first-order valence-corrected chi connectivity index (χ1v) is 10.4. The van der Waals surface area contributed by atoms with Gasteiger partial charge in [0.1, 0.15) is 18.0 Å². The van der Waals surface area contributed by atoms with Crippen molar-refractivity contribution in [2.45, 2.75) is 31.6 Å². The number of nitrogens with two attached hydrogens (primary N) is 1. The smallest absolute Gasteiger partial charge is 0.231 e. The molecule has 2 atom stereocenters. The van der Waals surface area contributed by atoms with Crippen LogP contribution in [0.5, 0.6) is 0 Å². The predicted molar refractivity (Wildman–Crippen MR) is 111 cm³/mol. The Morgan fingerprint density at radius 3 is 2.76 bits per heavy atom. The quantitative estimate of drug-likeness (QED) is 0.827. The summed E-state index contributed by atoms with van der Waals surface area (Å²) in [6.07, 6.45) is 3.75. The normalized spacial score (nSPS) is 19.9. The number of anilines is 1. The Morgan fingerprint density at radius 2 is 2.07 bits per heavy atom. The lowest BCUT2D eigenvalue weighted by molar-refractivity contribution is -0.132. The Bertz CT molecular complexity index is 916. The summed E-state index contributed by atoms with van der Waals surface area (Å²) in [5, 5.41) is 0.0391. The summed E-state index contributed by atoms with van der Waals surface area (Å²) in [4.78, 5) is 26.1. The van der Waals surface area contributed by atoms with E-state index in [1.807, 2.05) is 4.90 Å². The number of aromatic nitrogens is 2. The van der Waals surface area contributed by atoms with Crippen LogP contribution in [0.15, 0.2) is 24.5 Å². The molecule has 2 N–H and O–H groups in total. The molecule has 0 bridgehead atoms. The number of rotatable bonds is 4. The van der Waals surface area contributed by atoms with Crippen molar-refractivity contribution in [3.05, 3.63) is 52.2 Å². The maximum Gasteiger partial charge on any atom is 0.231 e. The first kappa shape index (κ1) is 20.0. The summed E-state index contributed by atoms with van der Waals surface area (Å²) in [5.74, 6) is 0.281. The van der Waals surface area contributed by atoms with Crippen LogP contribution >= 0.6 is 11.6 Å². The zero-order chi connectivity index (χ0) is 20.5. The molecule has 1 saturated heterocycles. The van der Waals surface area contributed by atoms with Gasteiger partial charge in [0.05, 0.1) is 10.9 Å². The number of amides is 1. The molecule has 0 unspecified atom stereocenters. The van der Waals surface area contributed by atoms with E-state index in [4.69, 9.17) is 17.3 Å². The molecule has 0 spiro atoms. The van der Waals surface area contributed by atoms with Crippen molar-refractivity contribution in [1.29, 1.82) is 0 Å². The largest absolute Gasteiger partial charge is 0.353 e. The van der Waals surface area contributed by atoms with E-state index < -0.39 is 11.7 Å². The zero-order valence-corrected chi connectivity index (χ0v) is 17.2. The fraction of sp³-hybridized carbons (Fsp3) is 0.476. The van der Waals surface area contributed by atoms with E-state index >= 15 is 0 Å². The number of carbonyl (C=O) groups is 1. The van der Waals surface area contributed by atoms with Crippen molar-refractivity contribution in [2.75, 3.05) is 37.6 Å². The molecule has 29 heavy (non-hydrogen) atoms. The minimum Gasteiger partial charge on any atom is -0.353 e. The summed E-state index contributed by atoms with van der Waals surface area (Å²) >= 11 is 5.76. The Labute approximate surface area is 174 Å². The standard InChI is InChI=1S/C21H25ClFN5O/c1-13-2-5-18-19(13)20(26-12-25-18)27-6-8-28(9-7-27)21(29)15(11-24)14-3-4-16(22)17(23)10-14/h3-4,10,12-13,15H,2,5-9,11,24H2,1H3/t13-,15-/m1/s1. The van der Waals surface area contributed by atoms with Crippen molar-refractivity contribution in [2.24, 2.45) is 5.73 Å². The number of nitrogens with zero attached hydrogens (tertiary/aromatic N) is 4. The van der Waals surface area contributed by atoms with Crippen molar-refractivity contribution in [3.8, 4) is 0 Å². The van der Waals surface area contributed by atoms with E-state index in [0.29, 0.717) is 37.7 Å². The van der Waals surface area contributed by atoms with Gasteiger partial charge in [-0.05, 0) is 36.5 Å². The second-order valence-corrected chi connectivity index (χ2v) is 8.18. The minimum absolute atomic E-state index is 0.0391. The predicted octanol–water partition coefficient (Wildman–Crippen LogP) is 2.71. The van der Waals surface area contributed by atoms with Crippen LogP contribution < -0.4 is 10.6 Å². The van der Waals surface area contributed by atoms with Crippen LogP contribution in [0.4, 0.5) is 10.2 Å². The fourth-order valence-corrected chi connectivity index (χ4v) is 4.46. The molecule has 1 aliphatic carbocycles. The topological polar surface area (TPSA) is 75.4 Å². The Hall–Kier alpha value is -2.25. The van der Waals surface area contributed by atoms with Gasteiger partial charge in [-0.25, -0.2) is 14.4 Å². The highest BCUT2D eigenvalue weighted by Gasteiger charge is 2.31. The second-order valence-electron chi connectivity index (χ2n) is 7.77. The van der Waals surface area contributed by atoms with Gasteiger partial charge in [-0.1, -0.05) is 24.6 Å². The molecule has 0 radical (unpaired) electrons. The van der Waals surface area contributed by atoms with Crippen LogP contribution in [0.2, 0.25) is 5.02 Å². The Morgan fingerprint density at radius 1 is 1.31 bits per heavy atom. The van der Waals surface area contributed by atoms with Crippen LogP contribution in [-0.2, 0) is 11.2 Å². The second kappa shape index (κ2) is 8.24. The summed E-state index contributed by atoms with van der Waals surface area (Å²) in [6.45, 7) is 4.91. The lowest BCUT2D eigenvalue weighted by Gasteiger charge is -2.37. The van der Waals surface area contributed by atoms with E-state index in [9.17, 15) is 9.18 Å². The molecule has 0 saturated carbocycles. The molecule has 2 aromatic rings. The zero-order valence-electron chi connectivity index (χ0n) is 16.4. The molecular formula is C21H25ClFN5O. The first-order valence-electron chi connectivity index (χ1n) is 10.0. The lowest BCUT2D eigenvalue weighted by atomic mass is 9.97. The summed E-state index contributed by atoms with van der Waals surface area (Å²) in [5.41, 5.74) is 8.83. The third-order valence-corrected chi connectivity index (χ3v) is 6.33. The van der Waals surface area contributed by atoms with Crippen LogP contribution in [0.1, 0.15) is 42.0 Å². The highest BCUT2D eigenvalue weighted by molar-refractivity contribution is 6.30. The van der Waals surface area contributed by atoms with E-state index in [2.05, 4.69) is 21.8 Å². The number of fused-ring (bicyclic) bond motifs is 1. The molecule has 6 nitrogen and oxygen atoms in total. The van der Waals surface area contributed by atoms with Gasteiger partial charge in [0, 0.05) is 44.0 Å². The van der Waals surface area contributed by atoms with Gasteiger partial charge in [0.25, 0.3) is 0 Å². The molecular weight excluding hydrogens is 393 g/mol. The van der Waals surface area contributed by atoms with Crippen LogP contribution in [-0.4, -0.2) is 53.5 Å². The first-order chi connectivity index (χ1) is 14.0. The molecule has 154 valence electrons. The third kappa shape index (κ3) is 3.81. The monoisotopic (exact) mass is 417 g/mol. The molecule has 1 amide bonds. The summed E-state index contributed by atoms with van der Waals surface area (Å²) in [6, 6.07) is 4.44. The van der Waals surface area contributed by atoms with Crippen LogP contribution in [0, 0.1) is 5.82 Å². The maximum atomic E-state index is 13.8. The molecule has 2 aliphatic rings. The van der Waals surface area contributed by atoms with Gasteiger partial charge < -0.3 is 15.5 Å². The average molecular weight is 418 g/mol. The lowest BCUT2D eigenvalue weighted by Crippen LogP contribution is -2.51. The molecule has 1 aromatic carbocycles. The van der Waals surface area contributed by atoms with Gasteiger partial charge in [0.2, 0.25) is 5.91 Å². The molecule has 1 aromatic heterocycles. The van der Waals surface area contributed by atoms with E-state index in [1.54, 1.807) is 12.4 Å².